The number of hydrogen-bond donors (Lipinski definition) is 0. The molecule has 1 aromatic carbocycles. The zero-order valence-electron chi connectivity index (χ0n) is 11.6. The van der Waals surface area contributed by atoms with E-state index in [-0.39, 0.29) is 0 Å². The molecule has 0 aliphatic rings. The van der Waals surface area contributed by atoms with E-state index in [1.807, 2.05) is 18.2 Å². The molecular formula is C17H16N2O. The lowest BCUT2D eigenvalue weighted by Gasteiger charge is -2.05. The minimum atomic E-state index is 0.501. The minimum Gasteiger partial charge on any atom is -0.335 e. The van der Waals surface area contributed by atoms with Crippen LogP contribution in [0.2, 0.25) is 0 Å². The highest BCUT2D eigenvalue weighted by Gasteiger charge is 2.13. The minimum absolute atomic E-state index is 0.501. The monoisotopic (exact) mass is 264 g/mol. The van der Waals surface area contributed by atoms with E-state index in [0.29, 0.717) is 5.69 Å². The Hall–Kier alpha value is -2.42. The third-order valence-electron chi connectivity index (χ3n) is 3.50. The molecule has 20 heavy (non-hydrogen) atoms. The maximum atomic E-state index is 11.3. The summed E-state index contributed by atoms with van der Waals surface area (Å²) >= 11 is 0. The Morgan fingerprint density at radius 1 is 1.20 bits per heavy atom. The summed E-state index contributed by atoms with van der Waals surface area (Å²) in [4.78, 5) is 15.5. The highest BCUT2D eigenvalue weighted by molar-refractivity contribution is 6.11. The third-order valence-corrected chi connectivity index (χ3v) is 3.50. The molecule has 0 saturated heterocycles. The van der Waals surface area contributed by atoms with Crippen LogP contribution < -0.4 is 0 Å². The van der Waals surface area contributed by atoms with Crippen molar-refractivity contribution in [2.75, 3.05) is 0 Å². The number of nitrogens with zero attached hydrogens (tertiary/aromatic N) is 2. The molecule has 3 aromatic rings. The van der Waals surface area contributed by atoms with Crippen LogP contribution in [0.15, 0.2) is 48.2 Å². The van der Waals surface area contributed by atoms with Crippen molar-refractivity contribution in [1.82, 2.24) is 9.55 Å². The summed E-state index contributed by atoms with van der Waals surface area (Å²) in [5.41, 5.74) is 3.81. The van der Waals surface area contributed by atoms with Gasteiger partial charge in [-0.1, -0.05) is 29.8 Å². The molecule has 0 unspecified atom stereocenters. The quantitative estimate of drug-likeness (QED) is 0.530. The number of fused-ring (bicyclic) bond motifs is 3. The average Bonchev–Trinajstić information content (AvgIpc) is 2.79. The van der Waals surface area contributed by atoms with Gasteiger partial charge in [-0.25, -0.2) is 0 Å². The highest BCUT2D eigenvalue weighted by Crippen LogP contribution is 2.29. The van der Waals surface area contributed by atoms with Gasteiger partial charge in [-0.15, -0.1) is 0 Å². The summed E-state index contributed by atoms with van der Waals surface area (Å²) < 4.78 is 2.16. The summed E-state index contributed by atoms with van der Waals surface area (Å²) in [5.74, 6) is 0. The van der Waals surface area contributed by atoms with Crippen LogP contribution in [0.5, 0.6) is 0 Å². The molecule has 0 aliphatic heterocycles. The molecule has 0 N–H and O–H groups in total. The number of aldehydes is 1. The molecule has 0 aliphatic carbocycles. The molecule has 3 nitrogen and oxygen atoms in total. The molecule has 3 heteroatoms. The van der Waals surface area contributed by atoms with Gasteiger partial charge in [0.25, 0.3) is 0 Å². The highest BCUT2D eigenvalue weighted by atomic mass is 16.1. The first kappa shape index (κ1) is 12.6. The van der Waals surface area contributed by atoms with Gasteiger partial charge >= 0.3 is 0 Å². The fraction of sp³-hybridized carbons (Fsp3) is 0.176. The van der Waals surface area contributed by atoms with Crippen molar-refractivity contribution in [3.8, 4) is 0 Å². The van der Waals surface area contributed by atoms with E-state index in [2.05, 4.69) is 41.6 Å². The lowest BCUT2D eigenvalue weighted by molar-refractivity contribution is 0.112. The average molecular weight is 264 g/mol. The Balaban J connectivity index is 2.43. The molecule has 3 rings (SSSR count). The van der Waals surface area contributed by atoms with Crippen LogP contribution in [0, 0.1) is 0 Å². The largest absolute Gasteiger partial charge is 0.335 e. The molecule has 0 bridgehead atoms. The number of pyridine rings is 1. The second kappa shape index (κ2) is 4.93. The summed E-state index contributed by atoms with van der Waals surface area (Å²) in [7, 11) is 0. The Morgan fingerprint density at radius 3 is 2.75 bits per heavy atom. The van der Waals surface area contributed by atoms with Gasteiger partial charge in [0, 0.05) is 29.0 Å². The van der Waals surface area contributed by atoms with E-state index in [1.54, 1.807) is 6.20 Å². The third kappa shape index (κ3) is 1.92. The molecule has 0 atom stereocenters. The zero-order valence-corrected chi connectivity index (χ0v) is 11.6. The smallest absolute Gasteiger partial charge is 0.170 e. The first-order valence-electron chi connectivity index (χ1n) is 6.67. The van der Waals surface area contributed by atoms with Gasteiger partial charge in [0.1, 0.15) is 5.69 Å². The van der Waals surface area contributed by atoms with Crippen molar-refractivity contribution in [1.29, 1.82) is 0 Å². The van der Waals surface area contributed by atoms with Crippen LogP contribution in [0.4, 0.5) is 0 Å². The van der Waals surface area contributed by atoms with Gasteiger partial charge in [0.2, 0.25) is 0 Å². The summed E-state index contributed by atoms with van der Waals surface area (Å²) in [6.07, 6.45) is 4.69. The van der Waals surface area contributed by atoms with Gasteiger partial charge in [0.15, 0.2) is 6.29 Å². The van der Waals surface area contributed by atoms with Crippen molar-refractivity contribution in [2.45, 2.75) is 20.4 Å². The number of aromatic nitrogens is 2. The maximum Gasteiger partial charge on any atom is 0.170 e. The fourth-order valence-corrected chi connectivity index (χ4v) is 2.58. The number of hydrogen-bond acceptors (Lipinski definition) is 2. The van der Waals surface area contributed by atoms with Crippen LogP contribution >= 0.6 is 0 Å². The molecule has 0 amide bonds. The van der Waals surface area contributed by atoms with Gasteiger partial charge in [0.05, 0.1) is 5.52 Å². The Bertz CT molecular complexity index is 823. The topological polar surface area (TPSA) is 34.9 Å². The predicted molar refractivity (Wildman–Crippen MR) is 82.1 cm³/mol. The van der Waals surface area contributed by atoms with E-state index in [4.69, 9.17) is 0 Å². The first-order chi connectivity index (χ1) is 9.72. The molecule has 2 aromatic heterocycles. The molecular weight excluding hydrogens is 248 g/mol. The van der Waals surface area contributed by atoms with Gasteiger partial charge < -0.3 is 4.57 Å². The lowest BCUT2D eigenvalue weighted by atomic mass is 10.2. The summed E-state index contributed by atoms with van der Waals surface area (Å²) in [5, 5.41) is 2.25. The second-order valence-electron chi connectivity index (χ2n) is 5.12. The van der Waals surface area contributed by atoms with Crippen LogP contribution in [-0.2, 0) is 6.54 Å². The van der Waals surface area contributed by atoms with Gasteiger partial charge in [-0.3, -0.25) is 9.78 Å². The van der Waals surface area contributed by atoms with Gasteiger partial charge in [-0.05, 0) is 26.0 Å². The number of benzene rings is 1. The van der Waals surface area contributed by atoms with Crippen molar-refractivity contribution in [3.05, 3.63) is 53.9 Å². The second-order valence-corrected chi connectivity index (χ2v) is 5.12. The Labute approximate surface area is 117 Å². The van der Waals surface area contributed by atoms with Crippen LogP contribution in [-0.4, -0.2) is 15.8 Å². The standard InChI is InChI=1S/C17H16N2O/c1-12(2)8-10-19-16-6-4-3-5-13(16)14-7-9-18-15(11-20)17(14)19/h3-9,11H,10H2,1-2H3. The van der Waals surface area contributed by atoms with Crippen molar-refractivity contribution in [2.24, 2.45) is 0 Å². The van der Waals surface area contributed by atoms with Crippen LogP contribution in [0.3, 0.4) is 0 Å². The van der Waals surface area contributed by atoms with Crippen molar-refractivity contribution >= 4 is 28.1 Å². The summed E-state index contributed by atoms with van der Waals surface area (Å²) in [6, 6.07) is 10.2. The normalized spacial score (nSPS) is 10.9. The number of para-hydroxylation sites is 1. The van der Waals surface area contributed by atoms with E-state index < -0.39 is 0 Å². The zero-order chi connectivity index (χ0) is 14.1. The molecule has 0 fully saturated rings. The number of carbonyl (C=O) groups excluding carboxylic acids is 1. The summed E-state index contributed by atoms with van der Waals surface area (Å²) in [6.45, 7) is 4.90. The van der Waals surface area contributed by atoms with Crippen molar-refractivity contribution in [3.63, 3.8) is 0 Å². The molecule has 100 valence electrons. The van der Waals surface area contributed by atoms with Crippen LogP contribution in [0.25, 0.3) is 21.8 Å². The van der Waals surface area contributed by atoms with E-state index in [0.717, 1.165) is 34.6 Å². The number of allylic oxidation sites excluding steroid dienone is 2. The maximum absolute atomic E-state index is 11.3. The van der Waals surface area contributed by atoms with E-state index in [9.17, 15) is 4.79 Å². The van der Waals surface area contributed by atoms with Gasteiger partial charge in [-0.2, -0.15) is 0 Å². The van der Waals surface area contributed by atoms with E-state index >= 15 is 0 Å². The SMILES string of the molecule is CC(C)=CCn1c2ccccc2c2ccnc(C=O)c21. The van der Waals surface area contributed by atoms with E-state index in [1.165, 1.54) is 5.57 Å². The molecule has 2 heterocycles. The van der Waals surface area contributed by atoms with Crippen molar-refractivity contribution < 1.29 is 4.79 Å². The Kier molecular flexibility index (Phi) is 3.11. The lowest BCUT2D eigenvalue weighted by Crippen LogP contribution is -1.99. The molecule has 0 spiro atoms. The predicted octanol–water partition coefficient (Wildman–Crippen LogP) is 3.97. The molecule has 0 radical (unpaired) electrons. The van der Waals surface area contributed by atoms with Crippen LogP contribution in [0.1, 0.15) is 24.3 Å². The Morgan fingerprint density at radius 2 is 2.00 bits per heavy atom. The first-order valence-corrected chi connectivity index (χ1v) is 6.67. The molecule has 0 saturated carbocycles. The number of rotatable bonds is 3. The number of carbonyl (C=O) groups is 1. The fourth-order valence-electron chi connectivity index (χ4n) is 2.58.